The molecule has 2 heterocycles. The van der Waals surface area contributed by atoms with E-state index in [9.17, 15) is 14.4 Å². The van der Waals surface area contributed by atoms with E-state index in [0.717, 1.165) is 11.8 Å². The average molecular weight is 403 g/mol. The lowest BCUT2D eigenvalue weighted by atomic mass is 10.2. The molecule has 0 atom stereocenters. The second kappa shape index (κ2) is 8.57. The highest BCUT2D eigenvalue weighted by atomic mass is 32.2. The first kappa shape index (κ1) is 19.4. The molecule has 0 aliphatic heterocycles. The Morgan fingerprint density at radius 3 is 2.64 bits per heavy atom. The number of benzene rings is 1. The standard InChI is InChI=1S/C17H17N5O5S/c1-9-12(15(24)20-16(25)18-9)7-14-21-22-17(27-14)28-8-13(23)19-10-3-5-11(26-2)6-4-10/h3-6H,7-8H2,1-2H3,(H,19,23)(H2,18,20,24,25). The van der Waals surface area contributed by atoms with Crippen molar-refractivity contribution in [1.82, 2.24) is 20.2 Å². The lowest BCUT2D eigenvalue weighted by Crippen LogP contribution is -2.27. The normalized spacial score (nSPS) is 10.6. The number of anilines is 1. The van der Waals surface area contributed by atoms with Crippen LogP contribution in [0.5, 0.6) is 5.75 Å². The molecule has 11 heteroatoms. The monoisotopic (exact) mass is 403 g/mol. The minimum absolute atomic E-state index is 0.0730. The van der Waals surface area contributed by atoms with Crippen molar-refractivity contribution in [3.05, 3.63) is 62.3 Å². The average Bonchev–Trinajstić information content (AvgIpc) is 3.11. The number of hydrogen-bond acceptors (Lipinski definition) is 8. The maximum Gasteiger partial charge on any atom is 0.325 e. The molecule has 0 saturated heterocycles. The van der Waals surface area contributed by atoms with Crippen molar-refractivity contribution >= 4 is 23.4 Å². The Bertz CT molecular complexity index is 1090. The highest BCUT2D eigenvalue weighted by Crippen LogP contribution is 2.19. The van der Waals surface area contributed by atoms with Gasteiger partial charge in [-0.05, 0) is 31.2 Å². The van der Waals surface area contributed by atoms with Crippen molar-refractivity contribution < 1.29 is 13.9 Å². The lowest BCUT2D eigenvalue weighted by molar-refractivity contribution is -0.113. The fraction of sp³-hybridized carbons (Fsp3) is 0.235. The van der Waals surface area contributed by atoms with E-state index < -0.39 is 11.2 Å². The molecule has 10 nitrogen and oxygen atoms in total. The number of amides is 1. The van der Waals surface area contributed by atoms with E-state index in [1.807, 2.05) is 0 Å². The van der Waals surface area contributed by atoms with Gasteiger partial charge >= 0.3 is 5.69 Å². The predicted molar refractivity (Wildman–Crippen MR) is 102 cm³/mol. The van der Waals surface area contributed by atoms with Crippen LogP contribution in [-0.4, -0.2) is 38.9 Å². The molecule has 3 N–H and O–H groups in total. The zero-order valence-electron chi connectivity index (χ0n) is 15.1. The second-order valence-electron chi connectivity index (χ2n) is 5.72. The van der Waals surface area contributed by atoms with Crippen molar-refractivity contribution in [1.29, 1.82) is 0 Å². The number of ether oxygens (including phenoxy) is 1. The Hall–Kier alpha value is -3.34. The molecular weight excluding hydrogens is 386 g/mol. The van der Waals surface area contributed by atoms with Gasteiger partial charge in [0.05, 0.1) is 19.3 Å². The smallest absolute Gasteiger partial charge is 0.325 e. The number of carbonyl (C=O) groups is 1. The quantitative estimate of drug-likeness (QED) is 0.497. The first-order valence-corrected chi connectivity index (χ1v) is 9.14. The Balaban J connectivity index is 1.56. The molecule has 2 aromatic heterocycles. The van der Waals surface area contributed by atoms with Gasteiger partial charge in [0.15, 0.2) is 0 Å². The summed E-state index contributed by atoms with van der Waals surface area (Å²) in [6.45, 7) is 1.61. The third-order valence-electron chi connectivity index (χ3n) is 3.73. The molecular formula is C17H17N5O5S. The maximum absolute atomic E-state index is 12.0. The van der Waals surface area contributed by atoms with Gasteiger partial charge in [-0.1, -0.05) is 11.8 Å². The second-order valence-corrected chi connectivity index (χ2v) is 6.64. The number of H-pyrrole nitrogens is 2. The molecule has 0 bridgehead atoms. The fourth-order valence-electron chi connectivity index (χ4n) is 2.36. The number of methoxy groups -OCH3 is 1. The van der Waals surface area contributed by atoms with Gasteiger partial charge in [-0.15, -0.1) is 10.2 Å². The van der Waals surface area contributed by atoms with E-state index in [4.69, 9.17) is 9.15 Å². The van der Waals surface area contributed by atoms with E-state index >= 15 is 0 Å². The largest absolute Gasteiger partial charge is 0.497 e. The number of aryl methyl sites for hydroxylation is 1. The summed E-state index contributed by atoms with van der Waals surface area (Å²) in [5.41, 5.74) is 0.325. The number of rotatable bonds is 7. The number of aromatic nitrogens is 4. The lowest BCUT2D eigenvalue weighted by Gasteiger charge is -2.05. The molecule has 0 spiro atoms. The van der Waals surface area contributed by atoms with Crippen LogP contribution in [0.2, 0.25) is 0 Å². The zero-order chi connectivity index (χ0) is 20.1. The van der Waals surface area contributed by atoms with Crippen molar-refractivity contribution in [3.63, 3.8) is 0 Å². The Morgan fingerprint density at radius 1 is 1.21 bits per heavy atom. The minimum atomic E-state index is -0.573. The summed E-state index contributed by atoms with van der Waals surface area (Å²) in [5, 5.41) is 10.7. The Kier molecular flexibility index (Phi) is 5.94. The van der Waals surface area contributed by atoms with E-state index in [1.54, 1.807) is 38.3 Å². The van der Waals surface area contributed by atoms with Gasteiger partial charge in [0.2, 0.25) is 11.8 Å². The molecule has 1 amide bonds. The molecule has 0 aliphatic carbocycles. The molecule has 3 aromatic rings. The molecule has 3 rings (SSSR count). The van der Waals surface area contributed by atoms with E-state index in [1.165, 1.54) is 0 Å². The van der Waals surface area contributed by atoms with Gasteiger partial charge in [0.1, 0.15) is 5.75 Å². The summed E-state index contributed by atoms with van der Waals surface area (Å²) in [5.74, 6) is 0.746. The van der Waals surface area contributed by atoms with Crippen molar-refractivity contribution in [3.8, 4) is 5.75 Å². The minimum Gasteiger partial charge on any atom is -0.497 e. The summed E-state index contributed by atoms with van der Waals surface area (Å²) in [6.07, 6.45) is 0.0730. The maximum atomic E-state index is 12.0. The van der Waals surface area contributed by atoms with E-state index in [0.29, 0.717) is 22.7 Å². The molecule has 0 aliphatic rings. The Morgan fingerprint density at radius 2 is 1.96 bits per heavy atom. The topological polar surface area (TPSA) is 143 Å². The number of carbonyl (C=O) groups excluding carboxylic acids is 1. The van der Waals surface area contributed by atoms with Gasteiger partial charge in [0, 0.05) is 16.9 Å². The number of aromatic amines is 2. The third kappa shape index (κ3) is 4.88. The zero-order valence-corrected chi connectivity index (χ0v) is 15.9. The highest BCUT2D eigenvalue weighted by Gasteiger charge is 2.14. The number of nitrogens with zero attached hydrogens (tertiary/aromatic N) is 2. The van der Waals surface area contributed by atoms with Crippen molar-refractivity contribution in [2.45, 2.75) is 18.6 Å². The number of nitrogens with one attached hydrogen (secondary N) is 3. The third-order valence-corrected chi connectivity index (χ3v) is 4.55. The summed E-state index contributed by atoms with van der Waals surface area (Å²) in [6, 6.07) is 6.95. The summed E-state index contributed by atoms with van der Waals surface area (Å²) in [4.78, 5) is 39.8. The van der Waals surface area contributed by atoms with Gasteiger partial charge < -0.3 is 19.5 Å². The molecule has 1 aromatic carbocycles. The van der Waals surface area contributed by atoms with Gasteiger partial charge in [-0.25, -0.2) is 4.79 Å². The Labute approximate surface area is 162 Å². The van der Waals surface area contributed by atoms with Crippen LogP contribution in [0.15, 0.2) is 43.5 Å². The molecule has 28 heavy (non-hydrogen) atoms. The summed E-state index contributed by atoms with van der Waals surface area (Å²) < 4.78 is 10.5. The van der Waals surface area contributed by atoms with Crippen LogP contribution in [0.25, 0.3) is 0 Å². The van der Waals surface area contributed by atoms with Crippen LogP contribution in [0.4, 0.5) is 5.69 Å². The van der Waals surface area contributed by atoms with Crippen molar-refractivity contribution in [2.75, 3.05) is 18.2 Å². The van der Waals surface area contributed by atoms with Gasteiger partial charge in [-0.2, -0.15) is 0 Å². The predicted octanol–water partition coefficient (Wildman–Crippen LogP) is 1.08. The van der Waals surface area contributed by atoms with E-state index in [2.05, 4.69) is 25.5 Å². The van der Waals surface area contributed by atoms with Crippen LogP contribution in [-0.2, 0) is 11.2 Å². The summed E-state index contributed by atoms with van der Waals surface area (Å²) >= 11 is 1.08. The number of thioether (sulfide) groups is 1. The molecule has 0 saturated carbocycles. The molecule has 146 valence electrons. The molecule has 0 unspecified atom stereocenters. The van der Waals surface area contributed by atoms with Crippen LogP contribution in [0, 0.1) is 6.92 Å². The molecule has 0 fully saturated rings. The van der Waals surface area contributed by atoms with Crippen LogP contribution in [0.1, 0.15) is 17.1 Å². The highest BCUT2D eigenvalue weighted by molar-refractivity contribution is 7.99. The first-order valence-electron chi connectivity index (χ1n) is 8.16. The van der Waals surface area contributed by atoms with E-state index in [-0.39, 0.29) is 29.2 Å². The summed E-state index contributed by atoms with van der Waals surface area (Å²) in [7, 11) is 1.57. The van der Waals surface area contributed by atoms with Crippen LogP contribution in [0.3, 0.4) is 0 Å². The van der Waals surface area contributed by atoms with Crippen LogP contribution < -0.4 is 21.3 Å². The van der Waals surface area contributed by atoms with Gasteiger partial charge in [-0.3, -0.25) is 14.6 Å². The van der Waals surface area contributed by atoms with Crippen molar-refractivity contribution in [2.24, 2.45) is 0 Å². The first-order chi connectivity index (χ1) is 13.4. The molecule has 0 radical (unpaired) electrons. The van der Waals surface area contributed by atoms with Gasteiger partial charge in [0.25, 0.3) is 10.8 Å². The van der Waals surface area contributed by atoms with Crippen LogP contribution >= 0.6 is 11.8 Å². The number of hydrogen-bond donors (Lipinski definition) is 3. The fourth-order valence-corrected chi connectivity index (χ4v) is 2.94. The SMILES string of the molecule is COc1ccc(NC(=O)CSc2nnc(Cc3c(C)[nH]c(=O)[nH]c3=O)o2)cc1.